The van der Waals surface area contributed by atoms with Gasteiger partial charge in [0.2, 0.25) is 0 Å². The molecule has 0 spiro atoms. The number of benzene rings is 5. The number of rotatable bonds is 5. The van der Waals surface area contributed by atoms with Crippen LogP contribution in [0.25, 0.3) is 33.7 Å². The summed E-state index contributed by atoms with van der Waals surface area (Å²) in [5, 5.41) is 1.19. The smallest absolute Gasteiger partial charge is 0.134 e. The third kappa shape index (κ3) is 4.76. The number of furan rings is 1. The van der Waals surface area contributed by atoms with E-state index in [1.165, 1.54) is 55.6 Å². The first-order valence-corrected chi connectivity index (χ1v) is 17.7. The van der Waals surface area contributed by atoms with Gasteiger partial charge in [-0.25, -0.2) is 0 Å². The van der Waals surface area contributed by atoms with Gasteiger partial charge in [0.05, 0.1) is 5.69 Å². The van der Waals surface area contributed by atoms with Crippen LogP contribution in [0.3, 0.4) is 0 Å². The number of hydrogen-bond acceptors (Lipinski definition) is 2. The molecule has 2 heteroatoms. The molecule has 0 aliphatic heterocycles. The zero-order valence-electron chi connectivity index (χ0n) is 28.7. The molecule has 0 radical (unpaired) electrons. The molecule has 0 N–H and O–H groups in total. The Morgan fingerprint density at radius 2 is 1.41 bits per heavy atom. The summed E-state index contributed by atoms with van der Waals surface area (Å²) in [5.41, 5.74) is 14.8. The molecule has 2 nitrogen and oxygen atoms in total. The molecule has 3 unspecified atom stereocenters. The van der Waals surface area contributed by atoms with Gasteiger partial charge in [0.15, 0.2) is 0 Å². The van der Waals surface area contributed by atoms with Crippen molar-refractivity contribution < 1.29 is 4.42 Å². The Balaban J connectivity index is 1.17. The highest BCUT2D eigenvalue weighted by molar-refractivity contribution is 5.95. The third-order valence-electron chi connectivity index (χ3n) is 11.1. The molecule has 1 heterocycles. The van der Waals surface area contributed by atoms with E-state index < -0.39 is 0 Å². The minimum atomic E-state index is -0.0762. The molecule has 3 aliphatic rings. The predicted molar refractivity (Wildman–Crippen MR) is 206 cm³/mol. The maximum absolute atomic E-state index is 6.54. The summed E-state index contributed by atoms with van der Waals surface area (Å²) in [4.78, 5) is 2.45. The van der Waals surface area contributed by atoms with Crippen LogP contribution in [0.5, 0.6) is 0 Å². The van der Waals surface area contributed by atoms with Crippen molar-refractivity contribution in [3.63, 3.8) is 0 Å². The summed E-state index contributed by atoms with van der Waals surface area (Å²) in [6, 6.07) is 42.5. The number of fused-ring (bicyclic) bond motifs is 6. The molecule has 0 amide bonds. The van der Waals surface area contributed by atoms with Crippen LogP contribution < -0.4 is 4.90 Å². The molecular weight excluding hydrogens is 595 g/mol. The van der Waals surface area contributed by atoms with Gasteiger partial charge in [0.1, 0.15) is 11.3 Å². The SMILES string of the molecule is CC1C=CC(c2ccc(N(c3ccc(C4c5oc6ccccc6c5C=CC4C)cc3)c3cccc4c3-c3ccccc3C4(C)C)cc2)=CC1. The molecule has 0 saturated carbocycles. The fourth-order valence-electron chi connectivity index (χ4n) is 8.46. The van der Waals surface area contributed by atoms with Gasteiger partial charge in [-0.05, 0) is 88.0 Å². The number of nitrogens with zero attached hydrogens (tertiary/aromatic N) is 1. The van der Waals surface area contributed by atoms with E-state index in [9.17, 15) is 0 Å². The summed E-state index contributed by atoms with van der Waals surface area (Å²) < 4.78 is 6.54. The fourth-order valence-corrected chi connectivity index (χ4v) is 8.46. The van der Waals surface area contributed by atoms with E-state index in [2.05, 4.69) is 178 Å². The van der Waals surface area contributed by atoms with Crippen molar-refractivity contribution in [2.75, 3.05) is 4.90 Å². The lowest BCUT2D eigenvalue weighted by molar-refractivity contribution is 0.469. The lowest BCUT2D eigenvalue weighted by Gasteiger charge is -2.30. The Hall–Kier alpha value is -5.34. The molecule has 3 aliphatic carbocycles. The highest BCUT2D eigenvalue weighted by Crippen LogP contribution is 2.54. The predicted octanol–water partition coefficient (Wildman–Crippen LogP) is 13.0. The van der Waals surface area contributed by atoms with Crippen molar-refractivity contribution in [1.82, 2.24) is 0 Å². The number of para-hydroxylation sites is 1. The zero-order chi connectivity index (χ0) is 33.3. The largest absolute Gasteiger partial charge is 0.460 e. The second-order valence-electron chi connectivity index (χ2n) is 14.6. The molecule has 5 aromatic carbocycles. The highest BCUT2D eigenvalue weighted by Gasteiger charge is 2.38. The van der Waals surface area contributed by atoms with E-state index in [0.717, 1.165) is 29.1 Å². The first-order valence-electron chi connectivity index (χ1n) is 17.7. The van der Waals surface area contributed by atoms with Gasteiger partial charge in [-0.1, -0.05) is 137 Å². The van der Waals surface area contributed by atoms with Gasteiger partial charge in [-0.2, -0.15) is 0 Å². The molecule has 6 aromatic rings. The van der Waals surface area contributed by atoms with Crippen molar-refractivity contribution in [3.8, 4) is 11.1 Å². The molecule has 240 valence electrons. The van der Waals surface area contributed by atoms with Crippen LogP contribution in [-0.2, 0) is 5.41 Å². The van der Waals surface area contributed by atoms with E-state index in [1.807, 2.05) is 0 Å². The Labute approximate surface area is 289 Å². The quantitative estimate of drug-likeness (QED) is 0.187. The monoisotopic (exact) mass is 635 g/mol. The normalized spacial score (nSPS) is 20.1. The van der Waals surface area contributed by atoms with Gasteiger partial charge in [0, 0.05) is 39.2 Å². The van der Waals surface area contributed by atoms with E-state index in [4.69, 9.17) is 4.42 Å². The summed E-state index contributed by atoms with van der Waals surface area (Å²) in [6.45, 7) is 9.28. The lowest BCUT2D eigenvalue weighted by atomic mass is 9.80. The van der Waals surface area contributed by atoms with Crippen LogP contribution in [0.15, 0.2) is 144 Å². The maximum Gasteiger partial charge on any atom is 0.134 e. The Morgan fingerprint density at radius 1 is 0.694 bits per heavy atom. The topological polar surface area (TPSA) is 16.4 Å². The van der Waals surface area contributed by atoms with Crippen LogP contribution in [0, 0.1) is 11.8 Å². The summed E-state index contributed by atoms with van der Waals surface area (Å²) in [6.07, 6.45) is 12.6. The number of hydrogen-bond donors (Lipinski definition) is 0. The molecule has 0 bridgehead atoms. The lowest BCUT2D eigenvalue weighted by Crippen LogP contribution is -2.16. The second-order valence-corrected chi connectivity index (χ2v) is 14.6. The minimum absolute atomic E-state index is 0.0762. The van der Waals surface area contributed by atoms with Crippen molar-refractivity contribution in [3.05, 3.63) is 173 Å². The van der Waals surface area contributed by atoms with Crippen LogP contribution in [0.4, 0.5) is 17.1 Å². The summed E-state index contributed by atoms with van der Waals surface area (Å²) in [5.74, 6) is 2.14. The molecule has 49 heavy (non-hydrogen) atoms. The molecule has 3 atom stereocenters. The average Bonchev–Trinajstić information content (AvgIpc) is 3.62. The maximum atomic E-state index is 6.54. The van der Waals surface area contributed by atoms with Gasteiger partial charge < -0.3 is 9.32 Å². The summed E-state index contributed by atoms with van der Waals surface area (Å²) in [7, 11) is 0. The molecule has 9 rings (SSSR count). The first-order chi connectivity index (χ1) is 23.9. The highest BCUT2D eigenvalue weighted by atomic mass is 16.3. The number of anilines is 3. The minimum Gasteiger partial charge on any atom is -0.460 e. The van der Waals surface area contributed by atoms with Gasteiger partial charge in [-0.15, -0.1) is 0 Å². The van der Waals surface area contributed by atoms with Crippen molar-refractivity contribution in [2.24, 2.45) is 11.8 Å². The Bertz CT molecular complexity index is 2310. The molecule has 0 fully saturated rings. The van der Waals surface area contributed by atoms with Gasteiger partial charge in [0.25, 0.3) is 0 Å². The fraction of sp³-hybridized carbons (Fsp3) is 0.191. The number of allylic oxidation sites excluding steroid dienone is 5. The summed E-state index contributed by atoms with van der Waals surface area (Å²) >= 11 is 0. The second kappa shape index (κ2) is 11.4. The van der Waals surface area contributed by atoms with Crippen molar-refractivity contribution in [1.29, 1.82) is 0 Å². The zero-order valence-corrected chi connectivity index (χ0v) is 28.7. The molecular formula is C47H41NO. The van der Waals surface area contributed by atoms with E-state index in [0.29, 0.717) is 11.8 Å². The standard InChI is InChI=1S/C47H41NO/c1-30-16-19-32(20-17-30)33-21-25-35(26-22-33)48(42-14-9-13-41-45(42)39-11-5-7-12-40(39)47(41,3)4)36-27-23-34(24-28-36)44-31(2)18-29-38-37-10-6-8-15-43(37)49-46(38)44/h5-16,18-31,44H,17H2,1-4H3. The van der Waals surface area contributed by atoms with Crippen molar-refractivity contribution in [2.45, 2.75) is 45.4 Å². The average molecular weight is 636 g/mol. The molecule has 0 saturated heterocycles. The Morgan fingerprint density at radius 3 is 2.18 bits per heavy atom. The van der Waals surface area contributed by atoms with Gasteiger partial charge in [-0.3, -0.25) is 0 Å². The van der Waals surface area contributed by atoms with Crippen molar-refractivity contribution >= 4 is 39.7 Å². The third-order valence-corrected chi connectivity index (χ3v) is 11.1. The van der Waals surface area contributed by atoms with E-state index >= 15 is 0 Å². The van der Waals surface area contributed by atoms with Crippen LogP contribution >= 0.6 is 0 Å². The molecule has 1 aromatic heterocycles. The van der Waals surface area contributed by atoms with E-state index in [-0.39, 0.29) is 11.3 Å². The first kappa shape index (κ1) is 29.8. The van der Waals surface area contributed by atoms with Gasteiger partial charge >= 0.3 is 0 Å². The van der Waals surface area contributed by atoms with Crippen LogP contribution in [-0.4, -0.2) is 0 Å². The van der Waals surface area contributed by atoms with E-state index in [1.54, 1.807) is 0 Å². The Kier molecular flexibility index (Phi) is 6.91. The van der Waals surface area contributed by atoms with Crippen LogP contribution in [0.1, 0.15) is 73.6 Å². The van der Waals surface area contributed by atoms with Crippen LogP contribution in [0.2, 0.25) is 0 Å².